The minimum absolute atomic E-state index is 0.637. The van der Waals surface area contributed by atoms with Gasteiger partial charge in [-0.05, 0) is 42.1 Å². The third kappa shape index (κ3) is 3.84. The SMILES string of the molecule is COc1cccc(-c2nc3ccccc3n2CCCOc2cccc3ccccc23)c1. The standard InChI is InChI=1S/C27H24N2O2/c1-30-22-12-6-11-21(19-22)27-28-24-14-4-5-15-25(24)29(27)17-8-18-31-26-16-7-10-20-9-2-3-13-23(20)26/h2-7,9-16,19H,8,17-18H2,1H3. The quantitative estimate of drug-likeness (QED) is 0.295. The van der Waals surface area contributed by atoms with E-state index < -0.39 is 0 Å². The Balaban J connectivity index is 1.38. The first kappa shape index (κ1) is 19.2. The molecule has 4 heteroatoms. The van der Waals surface area contributed by atoms with E-state index in [2.05, 4.69) is 53.1 Å². The highest BCUT2D eigenvalue weighted by atomic mass is 16.5. The highest BCUT2D eigenvalue weighted by Crippen LogP contribution is 2.28. The second-order valence-electron chi connectivity index (χ2n) is 7.49. The number of methoxy groups -OCH3 is 1. The summed E-state index contributed by atoms with van der Waals surface area (Å²) < 4.78 is 13.8. The molecule has 0 unspecified atom stereocenters. The van der Waals surface area contributed by atoms with Crippen molar-refractivity contribution in [1.82, 2.24) is 9.55 Å². The average molecular weight is 409 g/mol. The summed E-state index contributed by atoms with van der Waals surface area (Å²) in [4.78, 5) is 4.90. The van der Waals surface area contributed by atoms with Gasteiger partial charge in [-0.1, -0.05) is 60.7 Å². The number of aryl methyl sites for hydroxylation is 1. The van der Waals surface area contributed by atoms with Crippen LogP contribution >= 0.6 is 0 Å². The van der Waals surface area contributed by atoms with E-state index in [0.29, 0.717) is 6.61 Å². The van der Waals surface area contributed by atoms with Crippen LogP contribution in [0.15, 0.2) is 91.0 Å². The zero-order valence-electron chi connectivity index (χ0n) is 17.5. The average Bonchev–Trinajstić information content (AvgIpc) is 3.20. The lowest BCUT2D eigenvalue weighted by Gasteiger charge is -2.12. The summed E-state index contributed by atoms with van der Waals surface area (Å²) >= 11 is 0. The van der Waals surface area contributed by atoms with Gasteiger partial charge in [0.15, 0.2) is 0 Å². The predicted molar refractivity (Wildman–Crippen MR) is 126 cm³/mol. The summed E-state index contributed by atoms with van der Waals surface area (Å²) in [7, 11) is 1.69. The molecule has 0 bridgehead atoms. The number of hydrogen-bond acceptors (Lipinski definition) is 3. The minimum atomic E-state index is 0.637. The first-order valence-electron chi connectivity index (χ1n) is 10.5. The van der Waals surface area contributed by atoms with Gasteiger partial charge in [0.05, 0.1) is 24.8 Å². The maximum atomic E-state index is 6.16. The number of ether oxygens (including phenoxy) is 2. The molecule has 0 spiro atoms. The van der Waals surface area contributed by atoms with E-state index in [-0.39, 0.29) is 0 Å². The molecule has 31 heavy (non-hydrogen) atoms. The second kappa shape index (κ2) is 8.52. The van der Waals surface area contributed by atoms with Gasteiger partial charge in [0.2, 0.25) is 0 Å². The Hall–Kier alpha value is -3.79. The summed E-state index contributed by atoms with van der Waals surface area (Å²) in [5.74, 6) is 2.71. The van der Waals surface area contributed by atoms with Crippen LogP contribution in [-0.2, 0) is 6.54 Å². The van der Waals surface area contributed by atoms with Crippen molar-refractivity contribution in [3.63, 3.8) is 0 Å². The van der Waals surface area contributed by atoms with Gasteiger partial charge in [-0.15, -0.1) is 0 Å². The van der Waals surface area contributed by atoms with E-state index in [9.17, 15) is 0 Å². The van der Waals surface area contributed by atoms with Crippen molar-refractivity contribution >= 4 is 21.8 Å². The van der Waals surface area contributed by atoms with Crippen molar-refractivity contribution < 1.29 is 9.47 Å². The largest absolute Gasteiger partial charge is 0.497 e. The van der Waals surface area contributed by atoms with Crippen molar-refractivity contribution in [1.29, 1.82) is 0 Å². The molecule has 154 valence electrons. The van der Waals surface area contributed by atoms with Crippen LogP contribution in [0.3, 0.4) is 0 Å². The zero-order valence-corrected chi connectivity index (χ0v) is 17.5. The number of imidazole rings is 1. The van der Waals surface area contributed by atoms with Crippen molar-refractivity contribution in [3.05, 3.63) is 91.0 Å². The Morgan fingerprint density at radius 3 is 2.58 bits per heavy atom. The van der Waals surface area contributed by atoms with Gasteiger partial charge < -0.3 is 14.0 Å². The fourth-order valence-corrected chi connectivity index (χ4v) is 4.01. The number of fused-ring (bicyclic) bond motifs is 2. The Morgan fingerprint density at radius 2 is 1.65 bits per heavy atom. The van der Waals surface area contributed by atoms with Crippen LogP contribution in [-0.4, -0.2) is 23.3 Å². The predicted octanol–water partition coefficient (Wildman–Crippen LogP) is 6.33. The van der Waals surface area contributed by atoms with Gasteiger partial charge in [0, 0.05) is 17.5 Å². The Morgan fingerprint density at radius 1 is 0.839 bits per heavy atom. The van der Waals surface area contributed by atoms with Crippen LogP contribution in [0.1, 0.15) is 6.42 Å². The van der Waals surface area contributed by atoms with Crippen molar-refractivity contribution in [2.24, 2.45) is 0 Å². The molecule has 1 heterocycles. The van der Waals surface area contributed by atoms with E-state index in [1.807, 2.05) is 42.5 Å². The molecule has 0 saturated heterocycles. The summed E-state index contributed by atoms with van der Waals surface area (Å²) in [6.45, 7) is 1.45. The van der Waals surface area contributed by atoms with Gasteiger partial charge in [0.25, 0.3) is 0 Å². The molecule has 0 saturated carbocycles. The van der Waals surface area contributed by atoms with E-state index in [4.69, 9.17) is 14.5 Å². The van der Waals surface area contributed by atoms with Crippen LogP contribution in [0, 0.1) is 0 Å². The molecule has 5 rings (SSSR count). The van der Waals surface area contributed by atoms with Crippen LogP contribution in [0.25, 0.3) is 33.2 Å². The van der Waals surface area contributed by atoms with E-state index in [1.165, 1.54) is 5.39 Å². The number of hydrogen-bond donors (Lipinski definition) is 0. The van der Waals surface area contributed by atoms with Gasteiger partial charge in [-0.25, -0.2) is 4.98 Å². The van der Waals surface area contributed by atoms with Crippen LogP contribution in [0.2, 0.25) is 0 Å². The summed E-state index contributed by atoms with van der Waals surface area (Å²) in [6, 6.07) is 30.8. The zero-order chi connectivity index (χ0) is 21.0. The molecule has 0 fully saturated rings. The topological polar surface area (TPSA) is 36.3 Å². The smallest absolute Gasteiger partial charge is 0.141 e. The Kier molecular flexibility index (Phi) is 5.28. The molecular formula is C27H24N2O2. The van der Waals surface area contributed by atoms with Crippen LogP contribution in [0.5, 0.6) is 11.5 Å². The number of nitrogens with zero attached hydrogens (tertiary/aromatic N) is 2. The first-order valence-corrected chi connectivity index (χ1v) is 10.5. The number of benzene rings is 4. The van der Waals surface area contributed by atoms with Crippen LogP contribution in [0.4, 0.5) is 0 Å². The molecular weight excluding hydrogens is 384 g/mol. The van der Waals surface area contributed by atoms with Gasteiger partial charge >= 0.3 is 0 Å². The number of aromatic nitrogens is 2. The molecule has 4 aromatic carbocycles. The monoisotopic (exact) mass is 408 g/mol. The summed E-state index contributed by atoms with van der Waals surface area (Å²) in [5.41, 5.74) is 3.17. The summed E-state index contributed by atoms with van der Waals surface area (Å²) in [6.07, 6.45) is 0.876. The Bertz CT molecular complexity index is 1330. The first-order chi connectivity index (χ1) is 15.3. The molecule has 0 radical (unpaired) electrons. The lowest BCUT2D eigenvalue weighted by atomic mass is 10.1. The third-order valence-corrected chi connectivity index (χ3v) is 5.52. The van der Waals surface area contributed by atoms with E-state index in [1.54, 1.807) is 7.11 Å². The maximum absolute atomic E-state index is 6.16. The number of para-hydroxylation sites is 2. The molecule has 0 aliphatic rings. The molecule has 0 aliphatic heterocycles. The lowest BCUT2D eigenvalue weighted by Crippen LogP contribution is -2.06. The molecule has 0 amide bonds. The van der Waals surface area contributed by atoms with Gasteiger partial charge in [-0.2, -0.15) is 0 Å². The fourth-order valence-electron chi connectivity index (χ4n) is 4.01. The van der Waals surface area contributed by atoms with Crippen molar-refractivity contribution in [3.8, 4) is 22.9 Å². The van der Waals surface area contributed by atoms with Crippen molar-refractivity contribution in [2.45, 2.75) is 13.0 Å². The molecule has 1 aromatic heterocycles. The molecule has 0 N–H and O–H groups in total. The normalized spacial score (nSPS) is 11.1. The van der Waals surface area contributed by atoms with E-state index >= 15 is 0 Å². The fraction of sp³-hybridized carbons (Fsp3) is 0.148. The van der Waals surface area contributed by atoms with Crippen molar-refractivity contribution in [2.75, 3.05) is 13.7 Å². The maximum Gasteiger partial charge on any atom is 0.141 e. The highest BCUT2D eigenvalue weighted by Gasteiger charge is 2.13. The lowest BCUT2D eigenvalue weighted by molar-refractivity contribution is 0.306. The molecule has 0 atom stereocenters. The molecule has 4 nitrogen and oxygen atoms in total. The Labute approximate surface area is 181 Å². The molecule has 5 aromatic rings. The third-order valence-electron chi connectivity index (χ3n) is 5.52. The van der Waals surface area contributed by atoms with Gasteiger partial charge in [-0.3, -0.25) is 0 Å². The van der Waals surface area contributed by atoms with E-state index in [0.717, 1.165) is 52.3 Å². The highest BCUT2D eigenvalue weighted by molar-refractivity contribution is 5.88. The number of rotatable bonds is 7. The molecule has 0 aliphatic carbocycles. The van der Waals surface area contributed by atoms with Gasteiger partial charge in [0.1, 0.15) is 17.3 Å². The second-order valence-corrected chi connectivity index (χ2v) is 7.49. The van der Waals surface area contributed by atoms with Crippen LogP contribution < -0.4 is 9.47 Å². The summed E-state index contributed by atoms with van der Waals surface area (Å²) in [5, 5.41) is 2.34. The minimum Gasteiger partial charge on any atom is -0.497 e.